The number of thiazole rings is 1. The number of Topliss-reactive ketones (excluding diaryl/α,β-unsaturated/α-hetero) is 2. The van der Waals surface area contributed by atoms with Gasteiger partial charge in [-0.15, -0.1) is 11.8 Å². The second-order valence-corrected chi connectivity index (χ2v) is 9.69. The molecule has 2 aromatic rings. The van der Waals surface area contributed by atoms with Crippen molar-refractivity contribution >= 4 is 63.3 Å². The minimum Gasteiger partial charge on any atom is -0.477 e. The summed E-state index contributed by atoms with van der Waals surface area (Å²) < 4.78 is 1.84. The van der Waals surface area contributed by atoms with Gasteiger partial charge in [-0.2, -0.15) is 0 Å². The lowest BCUT2D eigenvalue weighted by Gasteiger charge is -2.49. The van der Waals surface area contributed by atoms with Gasteiger partial charge >= 0.3 is 5.97 Å². The zero-order valence-electron chi connectivity index (χ0n) is 15.9. The fraction of sp³-hybridized carbons (Fsp3) is 0.263. The van der Waals surface area contributed by atoms with E-state index in [0.29, 0.717) is 17.9 Å². The number of pyridine rings is 1. The molecule has 0 radical (unpaired) electrons. The van der Waals surface area contributed by atoms with Gasteiger partial charge in [0.05, 0.1) is 11.3 Å². The van der Waals surface area contributed by atoms with Gasteiger partial charge in [0.2, 0.25) is 17.5 Å². The Morgan fingerprint density at radius 3 is 2.61 bits per heavy atom. The highest BCUT2D eigenvalue weighted by Gasteiger charge is 2.54. The van der Waals surface area contributed by atoms with E-state index in [-0.39, 0.29) is 27.3 Å². The lowest BCUT2D eigenvalue weighted by Crippen LogP contribution is -2.62. The van der Waals surface area contributed by atoms with Crippen molar-refractivity contribution in [2.24, 2.45) is 5.92 Å². The number of hydrogen-bond donors (Lipinski definition) is 2. The van der Waals surface area contributed by atoms with E-state index in [1.54, 1.807) is 0 Å². The average molecular weight is 480 g/mol. The number of β-lactam (4-membered cyclic amide) rings is 1. The molecule has 1 fully saturated rings. The number of carbonyl (C=O) groups is 4. The molecule has 3 N–H and O–H groups in total. The first-order chi connectivity index (χ1) is 14.8. The van der Waals surface area contributed by atoms with Crippen molar-refractivity contribution in [3.8, 4) is 0 Å². The summed E-state index contributed by atoms with van der Waals surface area (Å²) in [5.41, 5.74) is 5.83. The van der Waals surface area contributed by atoms with Crippen LogP contribution in [0.1, 0.15) is 16.9 Å². The van der Waals surface area contributed by atoms with Gasteiger partial charge in [-0.05, 0) is 0 Å². The number of carboxylic acid groups (broad SMARTS) is 1. The Kier molecular flexibility index (Phi) is 5.82. The summed E-state index contributed by atoms with van der Waals surface area (Å²) in [5.74, 6) is -3.79. The molecule has 1 saturated heterocycles. The van der Waals surface area contributed by atoms with Crippen LogP contribution in [0.3, 0.4) is 0 Å². The van der Waals surface area contributed by atoms with Crippen LogP contribution in [-0.4, -0.2) is 49.6 Å². The van der Waals surface area contributed by atoms with Crippen molar-refractivity contribution in [3.63, 3.8) is 0 Å². The number of carbonyl (C=O) groups excluding carboxylic acids is 3. The Morgan fingerprint density at radius 1 is 1.29 bits per heavy atom. The summed E-state index contributed by atoms with van der Waals surface area (Å²) in [7, 11) is 0. The molecule has 160 valence electrons. The maximum Gasteiger partial charge on any atom is 0.352 e. The van der Waals surface area contributed by atoms with Crippen LogP contribution < -0.4 is 10.3 Å². The second-order valence-electron chi connectivity index (χ2n) is 6.95. The standard InChI is InChI=1S/C19H15ClN4O5S2/c20-15-12(22-19(21)31-15)14(26)11(25)6-10-16(27)24-13(18(28)29)9(8-30-17(10)24)7-23-4-2-1-3-5-23/h1-5,10,17H,6-8H2,(H2-,21,22,28,29)/p+1/t10-,17-/m1/s1. The third-order valence-corrected chi connectivity index (χ3v) is 7.47. The minimum atomic E-state index is -1.20. The van der Waals surface area contributed by atoms with Gasteiger partial charge in [0.1, 0.15) is 15.7 Å². The number of aromatic nitrogens is 2. The number of fused-ring (bicyclic) bond motifs is 1. The first-order valence-corrected chi connectivity index (χ1v) is 11.4. The number of rotatable bonds is 7. The third kappa shape index (κ3) is 3.95. The van der Waals surface area contributed by atoms with Crippen molar-refractivity contribution in [1.29, 1.82) is 0 Å². The Labute approximate surface area is 189 Å². The number of nitrogen functional groups attached to an aromatic ring is 1. The van der Waals surface area contributed by atoms with Gasteiger partial charge in [0.15, 0.2) is 24.1 Å². The zero-order chi connectivity index (χ0) is 22.3. The molecule has 0 bridgehead atoms. The SMILES string of the molecule is Nc1nc(C(=O)C(=O)C[C@@H]2C(=O)N3C(C(=O)O)=C(C[n+]4ccccc4)CS[C@H]23)c(Cl)s1. The van der Waals surface area contributed by atoms with E-state index >= 15 is 0 Å². The molecule has 2 atom stereocenters. The number of halogens is 1. The molecule has 0 unspecified atom stereocenters. The van der Waals surface area contributed by atoms with E-state index in [1.807, 2.05) is 35.2 Å². The predicted molar refractivity (Wildman–Crippen MR) is 113 cm³/mol. The number of hydrogen-bond acceptors (Lipinski definition) is 8. The van der Waals surface area contributed by atoms with Crippen LogP contribution in [0.15, 0.2) is 41.9 Å². The van der Waals surface area contributed by atoms with Crippen LogP contribution in [0.5, 0.6) is 0 Å². The Morgan fingerprint density at radius 2 is 2.00 bits per heavy atom. The molecule has 9 nitrogen and oxygen atoms in total. The quantitative estimate of drug-likeness (QED) is 0.263. The lowest BCUT2D eigenvalue weighted by atomic mass is 9.89. The minimum absolute atomic E-state index is 0.0172. The molecule has 0 aromatic carbocycles. The summed E-state index contributed by atoms with van der Waals surface area (Å²) >= 11 is 8.16. The second kappa shape index (κ2) is 8.40. The molecule has 0 aliphatic carbocycles. The summed E-state index contributed by atoms with van der Waals surface area (Å²) in [6, 6.07) is 5.51. The molecule has 2 aromatic heterocycles. The van der Waals surface area contributed by atoms with Crippen LogP contribution in [0, 0.1) is 5.92 Å². The number of carboxylic acids is 1. The number of anilines is 1. The molecule has 2 aliphatic heterocycles. The number of thioether (sulfide) groups is 1. The average Bonchev–Trinajstić information content (AvgIpc) is 3.09. The van der Waals surface area contributed by atoms with E-state index in [1.165, 1.54) is 16.7 Å². The topological polar surface area (TPSA) is 135 Å². The first-order valence-electron chi connectivity index (χ1n) is 9.11. The van der Waals surface area contributed by atoms with E-state index in [9.17, 15) is 24.3 Å². The van der Waals surface area contributed by atoms with Gasteiger partial charge in [0, 0.05) is 29.9 Å². The summed E-state index contributed by atoms with van der Waals surface area (Å²) in [5, 5.41) is 9.29. The number of nitrogens with zero attached hydrogens (tertiary/aromatic N) is 3. The summed E-state index contributed by atoms with van der Waals surface area (Å²) in [4.78, 5) is 54.5. The maximum atomic E-state index is 12.8. The zero-order valence-corrected chi connectivity index (χ0v) is 18.2. The molecule has 0 saturated carbocycles. The van der Waals surface area contributed by atoms with Crippen molar-refractivity contribution in [2.45, 2.75) is 18.3 Å². The third-order valence-electron chi connectivity index (χ3n) is 4.99. The molecule has 1 amide bonds. The Bertz CT molecular complexity index is 1130. The first kappa shape index (κ1) is 21.5. The molecule has 12 heteroatoms. The smallest absolute Gasteiger partial charge is 0.352 e. The van der Waals surface area contributed by atoms with Crippen LogP contribution in [0.2, 0.25) is 4.34 Å². The molecule has 4 heterocycles. The number of nitrogens with two attached hydrogens (primary N) is 1. The largest absolute Gasteiger partial charge is 0.477 e. The van der Waals surface area contributed by atoms with Gasteiger partial charge in [-0.3, -0.25) is 19.3 Å². The summed E-state index contributed by atoms with van der Waals surface area (Å²) in [6.07, 6.45) is 3.28. The number of amides is 1. The predicted octanol–water partition coefficient (Wildman–Crippen LogP) is 1.38. The molecule has 0 spiro atoms. The van der Waals surface area contributed by atoms with E-state index in [2.05, 4.69) is 4.98 Å². The van der Waals surface area contributed by atoms with E-state index in [4.69, 9.17) is 17.3 Å². The molecular formula is C19H16ClN4O5S2+. The highest BCUT2D eigenvalue weighted by Crippen LogP contribution is 2.45. The molecule has 31 heavy (non-hydrogen) atoms. The van der Waals surface area contributed by atoms with E-state index in [0.717, 1.165) is 11.3 Å². The Hall–Kier alpha value is -2.76. The summed E-state index contributed by atoms with van der Waals surface area (Å²) in [6.45, 7) is 0.331. The fourth-order valence-electron chi connectivity index (χ4n) is 3.58. The number of ketones is 2. The van der Waals surface area contributed by atoms with Gasteiger partial charge in [-0.1, -0.05) is 29.0 Å². The van der Waals surface area contributed by atoms with E-state index < -0.39 is 34.7 Å². The van der Waals surface area contributed by atoms with Gasteiger partial charge in [-0.25, -0.2) is 14.3 Å². The normalized spacial score (nSPS) is 20.3. The monoisotopic (exact) mass is 479 g/mol. The van der Waals surface area contributed by atoms with Crippen LogP contribution in [0.25, 0.3) is 0 Å². The van der Waals surface area contributed by atoms with Crippen LogP contribution in [-0.2, 0) is 20.9 Å². The highest BCUT2D eigenvalue weighted by atomic mass is 35.5. The fourth-order valence-corrected chi connectivity index (χ4v) is 5.91. The van der Waals surface area contributed by atoms with Crippen LogP contribution in [0.4, 0.5) is 5.13 Å². The molecular weight excluding hydrogens is 464 g/mol. The van der Waals surface area contributed by atoms with Crippen molar-refractivity contribution < 1.29 is 28.9 Å². The number of aliphatic carboxylic acids is 1. The van der Waals surface area contributed by atoms with Crippen molar-refractivity contribution in [2.75, 3.05) is 11.5 Å². The molecule has 2 aliphatic rings. The maximum absolute atomic E-state index is 12.8. The van der Waals surface area contributed by atoms with Crippen molar-refractivity contribution in [3.05, 3.63) is 51.9 Å². The van der Waals surface area contributed by atoms with Crippen LogP contribution >= 0.6 is 34.7 Å². The van der Waals surface area contributed by atoms with Gasteiger partial charge < -0.3 is 10.8 Å². The van der Waals surface area contributed by atoms with Crippen molar-refractivity contribution in [1.82, 2.24) is 9.88 Å². The molecule has 4 rings (SSSR count). The van der Waals surface area contributed by atoms with Gasteiger partial charge in [0.25, 0.3) is 0 Å². The lowest BCUT2D eigenvalue weighted by molar-refractivity contribution is -0.689. The highest BCUT2D eigenvalue weighted by molar-refractivity contribution is 8.00. The Balaban J connectivity index is 1.51.